The number of carbonyl (C=O) groups excluding carboxylic acids is 2. The molecule has 0 radical (unpaired) electrons. The molecule has 1 fully saturated rings. The zero-order valence-electron chi connectivity index (χ0n) is 21.4. The quantitative estimate of drug-likeness (QED) is 0.526. The van der Waals surface area contributed by atoms with Crippen LogP contribution in [0.5, 0.6) is 5.75 Å². The first-order valence-electron chi connectivity index (χ1n) is 12.3. The van der Waals surface area contributed by atoms with E-state index in [2.05, 4.69) is 4.98 Å². The molecule has 0 bridgehead atoms. The van der Waals surface area contributed by atoms with Gasteiger partial charge in [0, 0.05) is 36.9 Å². The monoisotopic (exact) mass is 520 g/mol. The number of halogens is 3. The van der Waals surface area contributed by atoms with Crippen molar-refractivity contribution < 1.29 is 27.5 Å². The molecule has 12 heteroatoms. The maximum absolute atomic E-state index is 13.2. The van der Waals surface area contributed by atoms with Crippen LogP contribution in [-0.4, -0.2) is 83.1 Å². The third-order valence-corrected chi connectivity index (χ3v) is 6.39. The number of piperazine rings is 1. The van der Waals surface area contributed by atoms with Crippen molar-refractivity contribution in [3.63, 3.8) is 0 Å². The number of benzene rings is 1. The first kappa shape index (κ1) is 26.5. The number of aromatic nitrogens is 2. The van der Waals surface area contributed by atoms with Gasteiger partial charge in [-0.2, -0.15) is 18.2 Å². The molecular formula is C25H31F3N6O3. The number of amides is 2. The van der Waals surface area contributed by atoms with E-state index in [1.807, 2.05) is 56.9 Å². The van der Waals surface area contributed by atoms with Crippen molar-refractivity contribution in [3.8, 4) is 5.75 Å². The molecule has 4 rings (SSSR count). The highest BCUT2D eigenvalue weighted by molar-refractivity contribution is 5.99. The van der Waals surface area contributed by atoms with Crippen LogP contribution in [0, 0.1) is 0 Å². The Kier molecular flexibility index (Phi) is 7.47. The van der Waals surface area contributed by atoms with Gasteiger partial charge in [-0.15, -0.1) is 0 Å². The van der Waals surface area contributed by atoms with Gasteiger partial charge in [0.25, 0.3) is 5.91 Å². The molecule has 3 heterocycles. The van der Waals surface area contributed by atoms with E-state index in [9.17, 15) is 22.8 Å². The molecule has 0 aliphatic carbocycles. The van der Waals surface area contributed by atoms with Crippen LogP contribution in [0.15, 0.2) is 24.3 Å². The number of nitrogens with zero attached hydrogens (tertiary/aromatic N) is 6. The van der Waals surface area contributed by atoms with Crippen molar-refractivity contribution in [1.82, 2.24) is 19.8 Å². The van der Waals surface area contributed by atoms with E-state index in [1.54, 1.807) is 4.90 Å². The summed E-state index contributed by atoms with van der Waals surface area (Å²) in [6.45, 7) is 7.53. The van der Waals surface area contributed by atoms with Crippen LogP contribution >= 0.6 is 0 Å². The molecule has 9 nitrogen and oxygen atoms in total. The minimum Gasteiger partial charge on any atom is -0.494 e. The molecule has 0 saturated carbocycles. The van der Waals surface area contributed by atoms with Crippen LogP contribution in [0.4, 0.5) is 30.6 Å². The topological polar surface area (TPSA) is 82.1 Å². The third kappa shape index (κ3) is 5.57. The average molecular weight is 521 g/mol. The van der Waals surface area contributed by atoms with Crippen LogP contribution in [0.2, 0.25) is 0 Å². The minimum absolute atomic E-state index is 0.0638. The molecule has 1 aromatic carbocycles. The average Bonchev–Trinajstić information content (AvgIpc) is 3.18. The Morgan fingerprint density at radius 3 is 2.32 bits per heavy atom. The SMILES string of the molecule is CCOc1ccc(N(CC)c2nc(N3CCN(CC(F)(F)F)C(=O)C3)nc3c2CN(C(C)C)C3=O)cc1. The zero-order valence-corrected chi connectivity index (χ0v) is 21.4. The molecule has 2 aliphatic heterocycles. The van der Waals surface area contributed by atoms with E-state index in [0.717, 1.165) is 16.3 Å². The van der Waals surface area contributed by atoms with Crippen molar-refractivity contribution in [2.45, 2.75) is 46.5 Å². The summed E-state index contributed by atoms with van der Waals surface area (Å²) < 4.78 is 44.1. The number of rotatable bonds is 8. The minimum atomic E-state index is -4.47. The Morgan fingerprint density at radius 2 is 1.76 bits per heavy atom. The van der Waals surface area contributed by atoms with Gasteiger partial charge in [0.15, 0.2) is 0 Å². The van der Waals surface area contributed by atoms with Gasteiger partial charge in [-0.05, 0) is 52.0 Å². The molecule has 2 aromatic rings. The van der Waals surface area contributed by atoms with E-state index >= 15 is 0 Å². The third-order valence-electron chi connectivity index (χ3n) is 6.39. The number of anilines is 3. The van der Waals surface area contributed by atoms with Gasteiger partial charge < -0.3 is 24.3 Å². The number of carbonyl (C=O) groups is 2. The maximum atomic E-state index is 13.2. The Morgan fingerprint density at radius 1 is 1.05 bits per heavy atom. The summed E-state index contributed by atoms with van der Waals surface area (Å²) in [6, 6.07) is 7.45. The second-order valence-corrected chi connectivity index (χ2v) is 9.22. The van der Waals surface area contributed by atoms with E-state index in [1.165, 1.54) is 4.90 Å². The summed E-state index contributed by atoms with van der Waals surface area (Å²) in [4.78, 5) is 41.0. The lowest BCUT2D eigenvalue weighted by molar-refractivity contribution is -0.161. The van der Waals surface area contributed by atoms with Gasteiger partial charge in [-0.25, -0.2) is 4.98 Å². The number of alkyl halides is 3. The summed E-state index contributed by atoms with van der Waals surface area (Å²) in [7, 11) is 0. The fourth-order valence-corrected chi connectivity index (χ4v) is 4.55. The lowest BCUT2D eigenvalue weighted by Crippen LogP contribution is -2.53. The first-order chi connectivity index (χ1) is 17.5. The summed E-state index contributed by atoms with van der Waals surface area (Å²) in [6.07, 6.45) is -4.47. The van der Waals surface area contributed by atoms with Crippen molar-refractivity contribution in [1.29, 1.82) is 0 Å². The zero-order chi connectivity index (χ0) is 26.9. The highest BCUT2D eigenvalue weighted by Crippen LogP contribution is 2.36. The fourth-order valence-electron chi connectivity index (χ4n) is 4.55. The van der Waals surface area contributed by atoms with Crippen LogP contribution in [-0.2, 0) is 11.3 Å². The lowest BCUT2D eigenvalue weighted by Gasteiger charge is -2.35. The smallest absolute Gasteiger partial charge is 0.406 e. The largest absolute Gasteiger partial charge is 0.494 e. The lowest BCUT2D eigenvalue weighted by atomic mass is 10.2. The Hall–Kier alpha value is -3.57. The summed E-state index contributed by atoms with van der Waals surface area (Å²) in [5.41, 5.74) is 1.77. The maximum Gasteiger partial charge on any atom is 0.406 e. The molecule has 2 amide bonds. The predicted molar refractivity (Wildman–Crippen MR) is 132 cm³/mol. The predicted octanol–water partition coefficient (Wildman–Crippen LogP) is 3.61. The van der Waals surface area contributed by atoms with Crippen molar-refractivity contribution in [2.75, 3.05) is 49.1 Å². The van der Waals surface area contributed by atoms with E-state index in [0.29, 0.717) is 31.1 Å². The number of fused-ring (bicyclic) bond motifs is 1. The van der Waals surface area contributed by atoms with Crippen molar-refractivity contribution in [2.24, 2.45) is 0 Å². The molecule has 0 atom stereocenters. The Balaban J connectivity index is 1.71. The normalized spacial score (nSPS) is 16.1. The van der Waals surface area contributed by atoms with Crippen LogP contribution in [0.3, 0.4) is 0 Å². The molecular weight excluding hydrogens is 489 g/mol. The molecule has 1 saturated heterocycles. The molecule has 37 heavy (non-hydrogen) atoms. The molecule has 0 unspecified atom stereocenters. The van der Waals surface area contributed by atoms with Crippen LogP contribution < -0.4 is 14.5 Å². The van der Waals surface area contributed by atoms with Gasteiger partial charge in [0.1, 0.15) is 30.4 Å². The van der Waals surface area contributed by atoms with Crippen molar-refractivity contribution >= 4 is 29.3 Å². The van der Waals surface area contributed by atoms with Gasteiger partial charge in [0.2, 0.25) is 11.9 Å². The molecule has 0 N–H and O–H groups in total. The molecule has 200 valence electrons. The van der Waals surface area contributed by atoms with E-state index in [-0.39, 0.29) is 43.2 Å². The summed E-state index contributed by atoms with van der Waals surface area (Å²) in [5, 5.41) is 0. The standard InChI is InChI=1S/C25H31F3N6O3/c1-5-33(17-7-9-18(10-8-17)37-6-2)22-19-13-34(16(3)4)23(36)21(19)29-24(30-22)31-11-12-32(20(35)14-31)15-25(26,27)28/h7-10,16H,5-6,11-15H2,1-4H3. The van der Waals surface area contributed by atoms with E-state index in [4.69, 9.17) is 9.72 Å². The number of ether oxygens (including phenoxy) is 1. The van der Waals surface area contributed by atoms with Crippen LogP contribution in [0.25, 0.3) is 0 Å². The Labute approximate surface area is 213 Å². The highest BCUT2D eigenvalue weighted by atomic mass is 19.4. The second kappa shape index (κ2) is 10.4. The van der Waals surface area contributed by atoms with Gasteiger partial charge in [-0.3, -0.25) is 9.59 Å². The van der Waals surface area contributed by atoms with Crippen molar-refractivity contribution in [3.05, 3.63) is 35.5 Å². The highest BCUT2D eigenvalue weighted by Gasteiger charge is 2.39. The van der Waals surface area contributed by atoms with Gasteiger partial charge >= 0.3 is 6.18 Å². The van der Waals surface area contributed by atoms with Gasteiger partial charge in [-0.1, -0.05) is 0 Å². The van der Waals surface area contributed by atoms with Crippen LogP contribution in [0.1, 0.15) is 43.7 Å². The number of hydrogen-bond donors (Lipinski definition) is 0. The number of hydrogen-bond acceptors (Lipinski definition) is 7. The van der Waals surface area contributed by atoms with E-state index < -0.39 is 18.6 Å². The fraction of sp³-hybridized carbons (Fsp3) is 0.520. The molecule has 0 spiro atoms. The first-order valence-corrected chi connectivity index (χ1v) is 12.3. The summed E-state index contributed by atoms with van der Waals surface area (Å²) in [5.74, 6) is 0.514. The second-order valence-electron chi connectivity index (χ2n) is 9.22. The molecule has 1 aromatic heterocycles. The Bertz CT molecular complexity index is 1160. The summed E-state index contributed by atoms with van der Waals surface area (Å²) >= 11 is 0. The van der Waals surface area contributed by atoms with Gasteiger partial charge in [0.05, 0.1) is 13.2 Å². The molecule has 2 aliphatic rings.